The topological polar surface area (TPSA) is 54.9 Å². The lowest BCUT2D eigenvalue weighted by atomic mass is 10.1. The molecule has 1 aromatic carbocycles. The molecule has 1 aliphatic rings. The van der Waals surface area contributed by atoms with Gasteiger partial charge in [-0.2, -0.15) is 0 Å². The molecule has 2 heterocycles. The van der Waals surface area contributed by atoms with Crippen LogP contribution in [0.4, 0.5) is 0 Å². The molecule has 0 aliphatic carbocycles. The number of ether oxygens (including phenoxy) is 2. The number of nitrogens with zero attached hydrogens (tertiary/aromatic N) is 3. The smallest absolute Gasteiger partial charge is 0.254 e. The van der Waals surface area contributed by atoms with Crippen molar-refractivity contribution in [3.63, 3.8) is 0 Å². The van der Waals surface area contributed by atoms with Gasteiger partial charge in [0.1, 0.15) is 0 Å². The van der Waals surface area contributed by atoms with E-state index in [0.717, 1.165) is 43.4 Å². The number of thiazole rings is 1. The molecule has 0 unspecified atom stereocenters. The fourth-order valence-electron chi connectivity index (χ4n) is 3.08. The normalized spacial score (nSPS) is 15.1. The number of hydrogen-bond donors (Lipinski definition) is 0. The number of hydrogen-bond acceptors (Lipinski definition) is 6. The number of carbonyl (C=O) groups excluding carboxylic acids is 1. The highest BCUT2D eigenvalue weighted by Gasteiger charge is 2.23. The Bertz CT molecular complexity index is 754. The minimum absolute atomic E-state index is 0.0375. The van der Waals surface area contributed by atoms with Gasteiger partial charge >= 0.3 is 0 Å². The Morgan fingerprint density at radius 1 is 1.23 bits per heavy atom. The van der Waals surface area contributed by atoms with Gasteiger partial charge in [0.05, 0.1) is 24.4 Å². The number of rotatable bonds is 6. The van der Waals surface area contributed by atoms with Crippen LogP contribution in [0.5, 0.6) is 11.5 Å². The molecule has 3 rings (SSSR count). The molecule has 0 N–H and O–H groups in total. The number of benzene rings is 1. The van der Waals surface area contributed by atoms with Gasteiger partial charge < -0.3 is 14.4 Å². The van der Waals surface area contributed by atoms with Crippen LogP contribution in [0.15, 0.2) is 23.6 Å². The van der Waals surface area contributed by atoms with Crippen LogP contribution in [-0.4, -0.2) is 60.6 Å². The van der Waals surface area contributed by atoms with E-state index in [1.54, 1.807) is 36.6 Å². The first-order valence-corrected chi connectivity index (χ1v) is 9.72. The average Bonchev–Trinajstić information content (AvgIpc) is 3.07. The zero-order valence-electron chi connectivity index (χ0n) is 15.5. The molecular formula is C19H25N3O3S. The molecular weight excluding hydrogens is 350 g/mol. The van der Waals surface area contributed by atoms with E-state index in [9.17, 15) is 4.79 Å². The summed E-state index contributed by atoms with van der Waals surface area (Å²) in [7, 11) is 1.59. The van der Waals surface area contributed by atoms with E-state index in [1.807, 2.05) is 18.7 Å². The minimum atomic E-state index is 0.0375. The van der Waals surface area contributed by atoms with E-state index >= 15 is 0 Å². The summed E-state index contributed by atoms with van der Waals surface area (Å²) in [5, 5.41) is 3.21. The summed E-state index contributed by atoms with van der Waals surface area (Å²) in [5.41, 5.74) is 1.75. The standard InChI is InChI=1S/C19H25N3O3S/c1-4-25-17-6-5-15(11-18(17)24-3)19(23)22-9-7-21(8-10-22)12-16-13-26-14(2)20-16/h5-6,11,13H,4,7-10,12H2,1-3H3. The lowest BCUT2D eigenvalue weighted by Crippen LogP contribution is -2.48. The van der Waals surface area contributed by atoms with E-state index in [0.29, 0.717) is 23.7 Å². The quantitative estimate of drug-likeness (QED) is 0.777. The predicted molar refractivity (Wildman–Crippen MR) is 102 cm³/mol. The number of amides is 1. The van der Waals surface area contributed by atoms with Crippen molar-refractivity contribution in [2.45, 2.75) is 20.4 Å². The van der Waals surface area contributed by atoms with E-state index < -0.39 is 0 Å². The van der Waals surface area contributed by atoms with E-state index in [4.69, 9.17) is 9.47 Å². The van der Waals surface area contributed by atoms with Crippen molar-refractivity contribution in [2.24, 2.45) is 0 Å². The maximum absolute atomic E-state index is 12.8. The van der Waals surface area contributed by atoms with Gasteiger partial charge in [-0.3, -0.25) is 9.69 Å². The van der Waals surface area contributed by atoms with Gasteiger partial charge in [-0.1, -0.05) is 0 Å². The summed E-state index contributed by atoms with van der Waals surface area (Å²) in [6.07, 6.45) is 0. The Balaban J connectivity index is 1.59. The highest BCUT2D eigenvalue weighted by atomic mass is 32.1. The van der Waals surface area contributed by atoms with Crippen molar-refractivity contribution in [3.05, 3.63) is 39.8 Å². The maximum atomic E-state index is 12.8. The van der Waals surface area contributed by atoms with Gasteiger partial charge in [0, 0.05) is 43.7 Å². The molecule has 0 bridgehead atoms. The van der Waals surface area contributed by atoms with Crippen LogP contribution < -0.4 is 9.47 Å². The molecule has 6 nitrogen and oxygen atoms in total. The summed E-state index contributed by atoms with van der Waals surface area (Å²) in [4.78, 5) is 21.6. The fourth-order valence-corrected chi connectivity index (χ4v) is 3.68. The highest BCUT2D eigenvalue weighted by molar-refractivity contribution is 7.09. The third-order valence-corrected chi connectivity index (χ3v) is 5.24. The number of aromatic nitrogens is 1. The third kappa shape index (κ3) is 4.34. The molecule has 1 fully saturated rings. The van der Waals surface area contributed by atoms with Gasteiger partial charge in [0.15, 0.2) is 11.5 Å². The number of methoxy groups -OCH3 is 1. The largest absolute Gasteiger partial charge is 0.493 e. The van der Waals surface area contributed by atoms with Crippen LogP contribution >= 0.6 is 11.3 Å². The first kappa shape index (κ1) is 18.7. The van der Waals surface area contributed by atoms with Crippen LogP contribution in [-0.2, 0) is 6.54 Å². The van der Waals surface area contributed by atoms with Crippen LogP contribution in [0.1, 0.15) is 28.0 Å². The van der Waals surface area contributed by atoms with Crippen LogP contribution in [0.3, 0.4) is 0 Å². The van der Waals surface area contributed by atoms with Crippen LogP contribution in [0, 0.1) is 6.92 Å². The molecule has 0 spiro atoms. The van der Waals surface area contributed by atoms with Crippen molar-refractivity contribution in [3.8, 4) is 11.5 Å². The van der Waals surface area contributed by atoms with Crippen molar-refractivity contribution in [2.75, 3.05) is 39.9 Å². The van der Waals surface area contributed by atoms with Crippen molar-refractivity contribution < 1.29 is 14.3 Å². The molecule has 2 aromatic rings. The second-order valence-electron chi connectivity index (χ2n) is 6.22. The van der Waals surface area contributed by atoms with Gasteiger partial charge in [-0.05, 0) is 32.0 Å². The predicted octanol–water partition coefficient (Wildman–Crippen LogP) is 2.82. The molecule has 0 atom stereocenters. The number of aryl methyl sites for hydroxylation is 1. The molecule has 7 heteroatoms. The fraction of sp³-hybridized carbons (Fsp3) is 0.474. The summed E-state index contributed by atoms with van der Waals surface area (Å²) < 4.78 is 10.9. The second kappa shape index (κ2) is 8.51. The summed E-state index contributed by atoms with van der Waals surface area (Å²) in [6, 6.07) is 5.37. The second-order valence-corrected chi connectivity index (χ2v) is 7.29. The molecule has 1 aromatic heterocycles. The monoisotopic (exact) mass is 375 g/mol. The Morgan fingerprint density at radius 3 is 2.62 bits per heavy atom. The van der Waals surface area contributed by atoms with Crippen LogP contribution in [0.2, 0.25) is 0 Å². The lowest BCUT2D eigenvalue weighted by molar-refractivity contribution is 0.0627. The number of carbonyl (C=O) groups is 1. The lowest BCUT2D eigenvalue weighted by Gasteiger charge is -2.34. The Labute approximate surface area is 158 Å². The molecule has 0 radical (unpaired) electrons. The minimum Gasteiger partial charge on any atom is -0.493 e. The first-order valence-electron chi connectivity index (χ1n) is 8.84. The maximum Gasteiger partial charge on any atom is 0.254 e. The van der Waals surface area contributed by atoms with E-state index in [1.165, 1.54) is 0 Å². The highest BCUT2D eigenvalue weighted by Crippen LogP contribution is 2.28. The van der Waals surface area contributed by atoms with Gasteiger partial charge in [-0.15, -0.1) is 11.3 Å². The Kier molecular flexibility index (Phi) is 6.11. The third-order valence-electron chi connectivity index (χ3n) is 4.42. The summed E-state index contributed by atoms with van der Waals surface area (Å²) in [6.45, 7) is 8.51. The van der Waals surface area contributed by atoms with Crippen LogP contribution in [0.25, 0.3) is 0 Å². The van der Waals surface area contributed by atoms with Gasteiger partial charge in [0.25, 0.3) is 5.91 Å². The molecule has 1 amide bonds. The molecule has 26 heavy (non-hydrogen) atoms. The van der Waals surface area contributed by atoms with Crippen molar-refractivity contribution in [1.29, 1.82) is 0 Å². The van der Waals surface area contributed by atoms with Gasteiger partial charge in [-0.25, -0.2) is 4.98 Å². The molecule has 1 saturated heterocycles. The molecule has 140 valence electrons. The Morgan fingerprint density at radius 2 is 2.00 bits per heavy atom. The van der Waals surface area contributed by atoms with Crippen molar-refractivity contribution in [1.82, 2.24) is 14.8 Å². The first-order chi connectivity index (χ1) is 12.6. The number of piperazine rings is 1. The average molecular weight is 375 g/mol. The Hall–Kier alpha value is -2.12. The summed E-state index contributed by atoms with van der Waals surface area (Å²) in [5.74, 6) is 1.29. The van der Waals surface area contributed by atoms with E-state index in [2.05, 4.69) is 15.3 Å². The zero-order chi connectivity index (χ0) is 18.5. The van der Waals surface area contributed by atoms with Crippen molar-refractivity contribution >= 4 is 17.2 Å². The molecule has 0 saturated carbocycles. The zero-order valence-corrected chi connectivity index (χ0v) is 16.3. The van der Waals surface area contributed by atoms with Gasteiger partial charge in [0.2, 0.25) is 0 Å². The summed E-state index contributed by atoms with van der Waals surface area (Å²) >= 11 is 1.68. The molecule has 1 aliphatic heterocycles. The van der Waals surface area contributed by atoms with E-state index in [-0.39, 0.29) is 5.91 Å². The SMILES string of the molecule is CCOc1ccc(C(=O)N2CCN(Cc3csc(C)n3)CC2)cc1OC.